The summed E-state index contributed by atoms with van der Waals surface area (Å²) in [5.41, 5.74) is 3.68. The maximum absolute atomic E-state index is 13.7. The average Bonchev–Trinajstić information content (AvgIpc) is 3.56. The topological polar surface area (TPSA) is 115 Å². The predicted octanol–water partition coefficient (Wildman–Crippen LogP) is 6.74. The first-order valence-corrected chi connectivity index (χ1v) is 18.1. The quantitative estimate of drug-likeness (QED) is 0.151. The smallest absolute Gasteiger partial charge is 0.267 e. The summed E-state index contributed by atoms with van der Waals surface area (Å²) in [5, 5.41) is 4.73. The number of anilines is 2. The highest BCUT2D eigenvalue weighted by Crippen LogP contribution is 2.41. The van der Waals surface area contributed by atoms with Gasteiger partial charge in [0.1, 0.15) is 21.4 Å². The van der Waals surface area contributed by atoms with Crippen molar-refractivity contribution in [2.45, 2.75) is 44.7 Å². The third kappa shape index (κ3) is 7.98. The Balaban J connectivity index is 1.40. The zero-order valence-corrected chi connectivity index (χ0v) is 29.6. The van der Waals surface area contributed by atoms with Crippen LogP contribution in [0, 0.1) is 0 Å². The fourth-order valence-electron chi connectivity index (χ4n) is 5.65. The molecule has 6 rings (SSSR count). The molecular weight excluding hydrogens is 662 g/mol. The van der Waals surface area contributed by atoms with E-state index in [2.05, 4.69) is 31.7 Å². The Labute approximate surface area is 292 Å². The highest BCUT2D eigenvalue weighted by molar-refractivity contribution is 7.92. The first-order chi connectivity index (χ1) is 23.6. The second kappa shape index (κ2) is 14.9. The van der Waals surface area contributed by atoms with Crippen molar-refractivity contribution in [1.82, 2.24) is 24.6 Å². The number of hydrogen-bond acceptors (Lipinski definition) is 9. The van der Waals surface area contributed by atoms with Gasteiger partial charge in [-0.05, 0) is 57.1 Å². The summed E-state index contributed by atoms with van der Waals surface area (Å²) in [5.74, 6) is 1.02. The van der Waals surface area contributed by atoms with Crippen LogP contribution < -0.4 is 19.1 Å². The standard InChI is InChI=1S/C36H40ClN7O4S/c1-5-28-34(29-14-9-10-16-31(29)47-25(2)3)39-36(41-49(45,46)27-22-38-44(24-27)23-26-12-7-6-8-13-26)40-35(28)48-32-17-11-15-30(33(32)37)43-20-18-42(4)19-21-43/h6-17,22,24-25H,5,18-21,23H2,1-4H3,(H,39,40,41). The van der Waals surface area contributed by atoms with Gasteiger partial charge in [-0.15, -0.1) is 0 Å². The van der Waals surface area contributed by atoms with Crippen molar-refractivity contribution in [2.75, 3.05) is 42.8 Å². The fourth-order valence-corrected chi connectivity index (χ4v) is 6.83. The van der Waals surface area contributed by atoms with E-state index in [9.17, 15) is 8.42 Å². The fraction of sp³-hybridized carbons (Fsp3) is 0.306. The normalized spacial score (nSPS) is 13.9. The third-order valence-corrected chi connectivity index (χ3v) is 9.82. The van der Waals surface area contributed by atoms with Crippen molar-refractivity contribution in [2.24, 2.45) is 0 Å². The van der Waals surface area contributed by atoms with Gasteiger partial charge in [-0.1, -0.05) is 67.1 Å². The average molecular weight is 702 g/mol. The zero-order valence-electron chi connectivity index (χ0n) is 28.0. The monoisotopic (exact) mass is 701 g/mol. The first kappa shape index (κ1) is 34.2. The summed E-state index contributed by atoms with van der Waals surface area (Å²) < 4.78 is 44.2. The molecule has 1 aliphatic rings. The van der Waals surface area contributed by atoms with E-state index in [0.29, 0.717) is 46.3 Å². The van der Waals surface area contributed by atoms with Crippen LogP contribution in [0.25, 0.3) is 11.3 Å². The molecule has 0 atom stereocenters. The second-order valence-corrected chi connectivity index (χ2v) is 14.2. The molecule has 3 aromatic carbocycles. The van der Waals surface area contributed by atoms with Gasteiger partial charge in [-0.25, -0.2) is 18.1 Å². The van der Waals surface area contributed by atoms with Crippen LogP contribution in [0.1, 0.15) is 31.9 Å². The molecule has 11 nitrogen and oxygen atoms in total. The Morgan fingerprint density at radius 1 is 0.918 bits per heavy atom. The van der Waals surface area contributed by atoms with Gasteiger partial charge in [0.15, 0.2) is 0 Å². The molecule has 2 aromatic heterocycles. The number of ether oxygens (including phenoxy) is 2. The van der Waals surface area contributed by atoms with E-state index < -0.39 is 10.0 Å². The first-order valence-electron chi connectivity index (χ1n) is 16.3. The molecule has 13 heteroatoms. The van der Waals surface area contributed by atoms with E-state index in [-0.39, 0.29) is 22.8 Å². The molecule has 1 aliphatic heterocycles. The summed E-state index contributed by atoms with van der Waals surface area (Å²) in [7, 11) is -2.04. The van der Waals surface area contributed by atoms with Crippen LogP contribution in [0.5, 0.6) is 17.4 Å². The number of nitrogens with zero attached hydrogens (tertiary/aromatic N) is 6. The van der Waals surface area contributed by atoms with E-state index in [1.807, 2.05) is 87.5 Å². The zero-order chi connectivity index (χ0) is 34.5. The number of benzene rings is 3. The molecule has 3 heterocycles. The van der Waals surface area contributed by atoms with E-state index in [1.54, 1.807) is 10.7 Å². The Morgan fingerprint density at radius 2 is 1.63 bits per heavy atom. The lowest BCUT2D eigenvalue weighted by atomic mass is 10.0. The number of aromatic nitrogens is 4. The number of hydrogen-bond donors (Lipinski definition) is 1. The van der Waals surface area contributed by atoms with Crippen molar-refractivity contribution in [1.29, 1.82) is 0 Å². The van der Waals surface area contributed by atoms with Gasteiger partial charge in [-0.2, -0.15) is 10.1 Å². The van der Waals surface area contributed by atoms with Crippen LogP contribution in [0.2, 0.25) is 5.02 Å². The number of halogens is 1. The lowest BCUT2D eigenvalue weighted by Crippen LogP contribution is -2.44. The summed E-state index contributed by atoms with van der Waals surface area (Å²) in [6, 6.07) is 22.8. The van der Waals surface area contributed by atoms with Crippen molar-refractivity contribution in [3.05, 3.63) is 101 Å². The van der Waals surface area contributed by atoms with Crippen molar-refractivity contribution < 1.29 is 17.9 Å². The molecule has 1 fully saturated rings. The lowest BCUT2D eigenvalue weighted by Gasteiger charge is -2.34. The van der Waals surface area contributed by atoms with Crippen LogP contribution in [-0.2, 0) is 23.0 Å². The van der Waals surface area contributed by atoms with Gasteiger partial charge in [-0.3, -0.25) is 4.68 Å². The van der Waals surface area contributed by atoms with Crippen LogP contribution in [0.4, 0.5) is 11.6 Å². The minimum atomic E-state index is -4.14. The van der Waals surface area contributed by atoms with Crippen LogP contribution in [0.3, 0.4) is 0 Å². The Kier molecular flexibility index (Phi) is 10.4. The minimum Gasteiger partial charge on any atom is -0.490 e. The Hall–Kier alpha value is -4.65. The van der Waals surface area contributed by atoms with E-state index in [0.717, 1.165) is 37.4 Å². The maximum atomic E-state index is 13.7. The molecule has 5 aromatic rings. The molecule has 1 N–H and O–H groups in total. The van der Waals surface area contributed by atoms with Crippen LogP contribution in [0.15, 0.2) is 90.1 Å². The summed E-state index contributed by atoms with van der Waals surface area (Å²) in [6.45, 7) is 9.77. The molecule has 0 unspecified atom stereocenters. The number of para-hydroxylation sites is 1. The van der Waals surface area contributed by atoms with Gasteiger partial charge < -0.3 is 19.3 Å². The SMILES string of the molecule is CCc1c(Oc2cccc(N3CCN(C)CC3)c2Cl)nc(NS(=O)(=O)c2cnn(Cc3ccccc3)c2)nc1-c1ccccc1OC(C)C. The second-order valence-electron chi connectivity index (χ2n) is 12.1. The van der Waals surface area contributed by atoms with Crippen molar-refractivity contribution in [3.63, 3.8) is 0 Å². The predicted molar refractivity (Wildman–Crippen MR) is 192 cm³/mol. The number of nitrogens with one attached hydrogen (secondary N) is 1. The summed E-state index contributed by atoms with van der Waals surface area (Å²) >= 11 is 6.99. The van der Waals surface area contributed by atoms with Crippen LogP contribution in [-0.4, -0.2) is 72.4 Å². The molecule has 0 radical (unpaired) electrons. The highest BCUT2D eigenvalue weighted by atomic mass is 35.5. The van der Waals surface area contributed by atoms with Crippen molar-refractivity contribution >= 4 is 33.3 Å². The van der Waals surface area contributed by atoms with E-state index in [4.69, 9.17) is 26.1 Å². The van der Waals surface area contributed by atoms with E-state index >= 15 is 0 Å². The largest absolute Gasteiger partial charge is 0.490 e. The third-order valence-electron chi connectivity index (χ3n) is 8.15. The number of sulfonamides is 1. The lowest BCUT2D eigenvalue weighted by molar-refractivity contribution is 0.243. The van der Waals surface area contributed by atoms with Gasteiger partial charge in [0.2, 0.25) is 11.8 Å². The molecule has 0 bridgehead atoms. The molecule has 0 aliphatic carbocycles. The van der Waals surface area contributed by atoms with Crippen molar-refractivity contribution in [3.8, 4) is 28.6 Å². The van der Waals surface area contributed by atoms with Gasteiger partial charge in [0.05, 0.1) is 30.2 Å². The van der Waals surface area contributed by atoms with Gasteiger partial charge >= 0.3 is 0 Å². The Bertz CT molecular complexity index is 2010. The highest BCUT2D eigenvalue weighted by Gasteiger charge is 2.25. The van der Waals surface area contributed by atoms with Gasteiger partial charge in [0.25, 0.3) is 10.0 Å². The minimum absolute atomic E-state index is 0.0259. The van der Waals surface area contributed by atoms with Crippen LogP contribution >= 0.6 is 11.6 Å². The molecule has 256 valence electrons. The molecule has 0 amide bonds. The number of piperazine rings is 1. The molecule has 0 saturated carbocycles. The molecule has 1 saturated heterocycles. The Morgan fingerprint density at radius 3 is 2.37 bits per heavy atom. The summed E-state index contributed by atoms with van der Waals surface area (Å²) in [4.78, 5) is 13.9. The van der Waals surface area contributed by atoms with Gasteiger partial charge in [0, 0.05) is 43.5 Å². The maximum Gasteiger partial charge on any atom is 0.267 e. The van der Waals surface area contributed by atoms with E-state index in [1.165, 1.54) is 12.4 Å². The number of rotatable bonds is 12. The number of likely N-dealkylation sites (N-methyl/N-ethyl adjacent to an activating group) is 1. The summed E-state index contributed by atoms with van der Waals surface area (Å²) in [6.07, 6.45) is 3.16. The molecule has 49 heavy (non-hydrogen) atoms. The molecular formula is C36H40ClN7O4S. The molecule has 0 spiro atoms.